The first-order valence-electron chi connectivity index (χ1n) is 11.8. The van der Waals surface area contributed by atoms with Gasteiger partial charge in [0.15, 0.2) is 0 Å². The molecule has 2 aliphatic heterocycles. The van der Waals surface area contributed by atoms with E-state index in [1.54, 1.807) is 6.07 Å². The van der Waals surface area contributed by atoms with Crippen LogP contribution in [-0.2, 0) is 27.5 Å². The van der Waals surface area contributed by atoms with Gasteiger partial charge in [-0.25, -0.2) is 9.18 Å². The van der Waals surface area contributed by atoms with E-state index in [9.17, 15) is 19.2 Å². The Morgan fingerprint density at radius 1 is 1.11 bits per heavy atom. The topological polar surface area (TPSA) is 105 Å². The second kappa shape index (κ2) is 9.48. The van der Waals surface area contributed by atoms with Crippen LogP contribution in [0.5, 0.6) is 0 Å². The van der Waals surface area contributed by atoms with Crippen LogP contribution in [0.3, 0.4) is 0 Å². The smallest absolute Gasteiger partial charge is 0.407 e. The number of halogens is 1. The van der Waals surface area contributed by atoms with E-state index in [0.29, 0.717) is 23.9 Å². The van der Waals surface area contributed by atoms with Gasteiger partial charge in [0.2, 0.25) is 11.8 Å². The molecule has 1 saturated carbocycles. The third kappa shape index (κ3) is 4.62. The van der Waals surface area contributed by atoms with Gasteiger partial charge in [-0.05, 0) is 42.2 Å². The van der Waals surface area contributed by atoms with Gasteiger partial charge in [-0.2, -0.15) is 0 Å². The van der Waals surface area contributed by atoms with Crippen LogP contribution in [0, 0.1) is 11.7 Å². The summed E-state index contributed by atoms with van der Waals surface area (Å²) in [7, 11) is 0. The number of alkyl carbamates (subject to hydrolysis) is 1. The zero-order chi connectivity index (χ0) is 24.5. The normalized spacial score (nSPS) is 23.4. The van der Waals surface area contributed by atoms with E-state index in [1.165, 1.54) is 16.5 Å². The minimum atomic E-state index is -0.814. The molecule has 0 bridgehead atoms. The summed E-state index contributed by atoms with van der Waals surface area (Å²) in [6.07, 6.45) is 1.69. The number of nitrogens with zero attached hydrogens (tertiary/aromatic N) is 1. The van der Waals surface area contributed by atoms with Gasteiger partial charge in [-0.15, -0.1) is 0 Å². The number of nitrogens with one attached hydrogen (secondary N) is 2. The lowest BCUT2D eigenvalue weighted by molar-refractivity contribution is -0.136. The number of fused-ring (bicyclic) bond motifs is 1. The molecule has 35 heavy (non-hydrogen) atoms. The van der Waals surface area contributed by atoms with Crippen molar-refractivity contribution >= 4 is 23.8 Å². The van der Waals surface area contributed by atoms with Crippen molar-refractivity contribution in [1.82, 2.24) is 15.5 Å². The number of hydrogen-bond donors (Lipinski definition) is 2. The Morgan fingerprint density at radius 3 is 2.63 bits per heavy atom. The summed E-state index contributed by atoms with van der Waals surface area (Å²) >= 11 is 0. The Labute approximate surface area is 201 Å². The van der Waals surface area contributed by atoms with Crippen molar-refractivity contribution in [3.05, 3.63) is 70.5 Å². The lowest BCUT2D eigenvalue weighted by Crippen LogP contribution is -2.52. The molecule has 4 amide bonds. The largest absolute Gasteiger partial charge is 0.445 e. The Bertz CT molecular complexity index is 1180. The molecule has 1 atom stereocenters. The van der Waals surface area contributed by atoms with E-state index in [2.05, 4.69) is 22.8 Å². The van der Waals surface area contributed by atoms with Crippen LogP contribution in [0.2, 0.25) is 0 Å². The molecule has 0 spiro atoms. The predicted molar refractivity (Wildman–Crippen MR) is 123 cm³/mol. The van der Waals surface area contributed by atoms with E-state index in [1.807, 2.05) is 18.2 Å². The number of rotatable bonds is 6. The number of carbonyl (C=O) groups is 4. The summed E-state index contributed by atoms with van der Waals surface area (Å²) in [5.41, 5.74) is 1.75. The molecule has 0 radical (unpaired) electrons. The Hall–Kier alpha value is -3.75. The zero-order valence-corrected chi connectivity index (χ0v) is 19.1. The highest BCUT2D eigenvalue weighted by Crippen LogP contribution is 2.41. The molecule has 2 aromatic rings. The third-order valence-electron chi connectivity index (χ3n) is 7.11. The first kappa shape index (κ1) is 23.0. The highest BCUT2D eigenvalue weighted by atomic mass is 19.1. The summed E-state index contributed by atoms with van der Waals surface area (Å²) in [6.45, 7) is 0.270. The molecule has 5 rings (SSSR count). The number of hydrogen-bond acceptors (Lipinski definition) is 5. The molecule has 0 aromatic heterocycles. The number of ether oxygens (including phenoxy) is 1. The predicted octanol–water partition coefficient (Wildman–Crippen LogP) is 3.01. The minimum Gasteiger partial charge on any atom is -0.445 e. The Kier molecular flexibility index (Phi) is 6.23. The van der Waals surface area contributed by atoms with Crippen LogP contribution in [0.4, 0.5) is 9.18 Å². The quantitative estimate of drug-likeness (QED) is 0.620. The standard InChI is InChI=1S/C26H26FN3O5/c27-23-18(14-35-26(34)28-12-15-10-19(11-15)16-4-2-1-3-5-16)7-6-17-13-30(25(33)22(17)23)20-8-9-21(31)29-24(20)32/h1-7,15,19-20H,8-14H2,(H,28,34)(H,29,31,32). The van der Waals surface area contributed by atoms with Crippen molar-refractivity contribution < 1.29 is 28.3 Å². The molecule has 2 fully saturated rings. The van der Waals surface area contributed by atoms with Gasteiger partial charge in [0, 0.05) is 25.1 Å². The SMILES string of the molecule is O=C1CCC(N2Cc3ccc(COC(=O)NCC4CC(c5ccccc5)C4)c(F)c3C2=O)C(=O)N1. The lowest BCUT2D eigenvalue weighted by atomic mass is 9.71. The van der Waals surface area contributed by atoms with Gasteiger partial charge < -0.3 is 15.0 Å². The van der Waals surface area contributed by atoms with Gasteiger partial charge in [-0.3, -0.25) is 19.7 Å². The average molecular weight is 480 g/mol. The highest BCUT2D eigenvalue weighted by Gasteiger charge is 2.41. The van der Waals surface area contributed by atoms with Gasteiger partial charge in [0.25, 0.3) is 5.91 Å². The summed E-state index contributed by atoms with van der Waals surface area (Å²) < 4.78 is 20.3. The number of amides is 4. The summed E-state index contributed by atoms with van der Waals surface area (Å²) in [4.78, 5) is 49.9. The molecular weight excluding hydrogens is 453 g/mol. The van der Waals surface area contributed by atoms with Crippen LogP contribution in [0.1, 0.15) is 58.6 Å². The maximum atomic E-state index is 15.1. The molecule has 3 aliphatic rings. The van der Waals surface area contributed by atoms with E-state index in [-0.39, 0.29) is 43.0 Å². The van der Waals surface area contributed by atoms with Crippen molar-refractivity contribution in [2.24, 2.45) is 5.92 Å². The number of benzene rings is 2. The fourth-order valence-corrected chi connectivity index (χ4v) is 5.09. The maximum absolute atomic E-state index is 15.1. The summed E-state index contributed by atoms with van der Waals surface area (Å²) in [6, 6.07) is 12.5. The molecule has 1 unspecified atom stereocenters. The minimum absolute atomic E-state index is 0.0876. The molecule has 1 saturated heterocycles. The van der Waals surface area contributed by atoms with E-state index in [4.69, 9.17) is 4.74 Å². The maximum Gasteiger partial charge on any atom is 0.407 e. The second-order valence-electron chi connectivity index (χ2n) is 9.37. The molecule has 8 nitrogen and oxygen atoms in total. The lowest BCUT2D eigenvalue weighted by Gasteiger charge is -2.35. The molecule has 182 valence electrons. The van der Waals surface area contributed by atoms with Crippen LogP contribution in [0.15, 0.2) is 42.5 Å². The van der Waals surface area contributed by atoms with Gasteiger partial charge in [0.1, 0.15) is 18.5 Å². The fraction of sp³-hybridized carbons (Fsp3) is 0.385. The number of imide groups is 1. The third-order valence-corrected chi connectivity index (χ3v) is 7.11. The molecule has 2 aromatic carbocycles. The second-order valence-corrected chi connectivity index (χ2v) is 9.37. The fourth-order valence-electron chi connectivity index (χ4n) is 5.09. The van der Waals surface area contributed by atoms with Crippen molar-refractivity contribution in [3.63, 3.8) is 0 Å². The Balaban J connectivity index is 1.12. The van der Waals surface area contributed by atoms with Gasteiger partial charge in [0.05, 0.1) is 5.56 Å². The van der Waals surface area contributed by atoms with E-state index < -0.39 is 29.8 Å². The van der Waals surface area contributed by atoms with Crippen LogP contribution in [-0.4, -0.2) is 41.3 Å². The zero-order valence-electron chi connectivity index (χ0n) is 19.1. The van der Waals surface area contributed by atoms with Crippen molar-refractivity contribution in [2.75, 3.05) is 6.54 Å². The number of piperidine rings is 1. The molecule has 1 aliphatic carbocycles. The monoisotopic (exact) mass is 479 g/mol. The summed E-state index contributed by atoms with van der Waals surface area (Å²) in [5.74, 6) is -1.40. The first-order chi connectivity index (χ1) is 16.9. The molecule has 2 heterocycles. The van der Waals surface area contributed by atoms with Crippen LogP contribution >= 0.6 is 0 Å². The van der Waals surface area contributed by atoms with Gasteiger partial charge >= 0.3 is 6.09 Å². The summed E-state index contributed by atoms with van der Waals surface area (Å²) in [5, 5.41) is 4.96. The molecule has 9 heteroatoms. The van der Waals surface area contributed by atoms with E-state index >= 15 is 4.39 Å². The first-order valence-corrected chi connectivity index (χ1v) is 11.8. The van der Waals surface area contributed by atoms with E-state index in [0.717, 1.165) is 12.8 Å². The molecular formula is C26H26FN3O5. The van der Waals surface area contributed by atoms with Crippen LogP contribution < -0.4 is 10.6 Å². The van der Waals surface area contributed by atoms with Gasteiger partial charge in [-0.1, -0.05) is 42.5 Å². The van der Waals surface area contributed by atoms with Crippen molar-refractivity contribution in [1.29, 1.82) is 0 Å². The molecule has 2 N–H and O–H groups in total. The average Bonchev–Trinajstić information content (AvgIpc) is 3.15. The van der Waals surface area contributed by atoms with Crippen molar-refractivity contribution in [3.8, 4) is 0 Å². The number of carbonyl (C=O) groups excluding carboxylic acids is 4. The Morgan fingerprint density at radius 2 is 1.89 bits per heavy atom. The van der Waals surface area contributed by atoms with Crippen molar-refractivity contribution in [2.45, 2.75) is 50.8 Å². The highest BCUT2D eigenvalue weighted by molar-refractivity contribution is 6.05. The van der Waals surface area contributed by atoms with Crippen LogP contribution in [0.25, 0.3) is 0 Å².